The van der Waals surface area contributed by atoms with Crippen LogP contribution in [0.15, 0.2) is 34.3 Å². The Bertz CT molecular complexity index is 354. The summed E-state index contributed by atoms with van der Waals surface area (Å²) in [7, 11) is 0. The molecule has 92 valence electrons. The number of rotatable bonds is 7. The summed E-state index contributed by atoms with van der Waals surface area (Å²) in [4.78, 5) is 8.46. The fourth-order valence-electron chi connectivity index (χ4n) is 1.27. The van der Waals surface area contributed by atoms with E-state index in [9.17, 15) is 0 Å². The number of aliphatic imine (C=N–C) groups is 2. The first kappa shape index (κ1) is 13.5. The molecule has 4 N–H and O–H groups in total. The van der Waals surface area contributed by atoms with Gasteiger partial charge in [-0.3, -0.25) is 9.98 Å². The van der Waals surface area contributed by atoms with Crippen molar-refractivity contribution in [2.75, 3.05) is 26.2 Å². The average Bonchev–Trinajstić information content (AvgIpc) is 2.37. The summed E-state index contributed by atoms with van der Waals surface area (Å²) < 4.78 is 0. The lowest BCUT2D eigenvalue weighted by molar-refractivity contribution is 0.847. The van der Waals surface area contributed by atoms with Gasteiger partial charge >= 0.3 is 0 Å². The van der Waals surface area contributed by atoms with Crippen LogP contribution in [0.3, 0.4) is 0 Å². The zero-order chi connectivity index (χ0) is 12.3. The molecule has 0 radical (unpaired) electrons. The Labute approximate surface area is 102 Å². The second-order valence-corrected chi connectivity index (χ2v) is 3.67. The zero-order valence-electron chi connectivity index (χ0n) is 10.0. The van der Waals surface area contributed by atoms with Gasteiger partial charge in [-0.15, -0.1) is 0 Å². The van der Waals surface area contributed by atoms with E-state index < -0.39 is 0 Å². The van der Waals surface area contributed by atoms with Crippen molar-refractivity contribution in [3.63, 3.8) is 0 Å². The highest BCUT2D eigenvalue weighted by atomic mass is 14.7. The van der Waals surface area contributed by atoms with E-state index in [4.69, 9.17) is 11.5 Å². The van der Waals surface area contributed by atoms with Crippen LogP contribution in [0.5, 0.6) is 0 Å². The van der Waals surface area contributed by atoms with Gasteiger partial charge in [0.2, 0.25) is 0 Å². The Balaban J connectivity index is 2.47. The molecule has 4 heteroatoms. The molecule has 0 heterocycles. The van der Waals surface area contributed by atoms with E-state index >= 15 is 0 Å². The number of nitrogens with zero attached hydrogens (tertiary/aromatic N) is 2. The van der Waals surface area contributed by atoms with Crippen LogP contribution in [0, 0.1) is 0 Å². The van der Waals surface area contributed by atoms with Crippen molar-refractivity contribution in [3.05, 3.63) is 35.4 Å². The fraction of sp³-hybridized carbons (Fsp3) is 0.385. The minimum atomic E-state index is 0.586. The van der Waals surface area contributed by atoms with E-state index in [1.807, 2.05) is 36.7 Å². The van der Waals surface area contributed by atoms with Gasteiger partial charge in [0.25, 0.3) is 0 Å². The molecule has 0 amide bonds. The van der Waals surface area contributed by atoms with E-state index in [2.05, 4.69) is 9.98 Å². The van der Waals surface area contributed by atoms with Gasteiger partial charge in [0.05, 0.1) is 6.54 Å². The molecule has 0 aliphatic carbocycles. The monoisotopic (exact) mass is 232 g/mol. The third-order valence-corrected chi connectivity index (χ3v) is 2.17. The highest BCUT2D eigenvalue weighted by molar-refractivity contribution is 5.84. The number of nitrogens with two attached hydrogens (primary N) is 2. The van der Waals surface area contributed by atoms with Gasteiger partial charge in [-0.05, 0) is 24.1 Å². The maximum absolute atomic E-state index is 5.39. The molecule has 0 fully saturated rings. The van der Waals surface area contributed by atoms with Crippen LogP contribution in [0.1, 0.15) is 17.5 Å². The van der Waals surface area contributed by atoms with E-state index in [1.165, 1.54) is 0 Å². The van der Waals surface area contributed by atoms with Crippen LogP contribution in [0.2, 0.25) is 0 Å². The maximum atomic E-state index is 5.39. The van der Waals surface area contributed by atoms with Gasteiger partial charge in [0.15, 0.2) is 0 Å². The first-order valence-electron chi connectivity index (χ1n) is 5.86. The van der Waals surface area contributed by atoms with Crippen molar-refractivity contribution in [1.82, 2.24) is 0 Å². The molecule has 0 unspecified atom stereocenters. The standard InChI is InChI=1S/C13H20N4/c14-6-1-8-16-10-12-2-4-13(5-3-12)11-17-9-7-15/h2-5,10-11H,1,6-9,14-15H2. The second kappa shape index (κ2) is 8.61. The Morgan fingerprint density at radius 1 is 0.824 bits per heavy atom. The number of hydrogen-bond acceptors (Lipinski definition) is 4. The molecule has 0 atom stereocenters. The molecule has 1 aromatic rings. The second-order valence-electron chi connectivity index (χ2n) is 3.67. The first-order chi connectivity index (χ1) is 8.36. The van der Waals surface area contributed by atoms with Crippen LogP contribution < -0.4 is 11.5 Å². The lowest BCUT2D eigenvalue weighted by Gasteiger charge is -1.96. The van der Waals surface area contributed by atoms with E-state index in [0.29, 0.717) is 19.6 Å². The quantitative estimate of drug-likeness (QED) is 0.539. The predicted octanol–water partition coefficient (Wildman–Crippen LogP) is 0.832. The molecule has 4 nitrogen and oxygen atoms in total. The summed E-state index contributed by atoms with van der Waals surface area (Å²) in [6.45, 7) is 2.73. The molecule has 0 spiro atoms. The summed E-state index contributed by atoms with van der Waals surface area (Å²) in [6.07, 6.45) is 4.64. The predicted molar refractivity (Wildman–Crippen MR) is 74.1 cm³/mol. The minimum Gasteiger partial charge on any atom is -0.330 e. The molecule has 0 saturated heterocycles. The SMILES string of the molecule is NCCCN=Cc1ccc(C=NCCN)cc1. The molecule has 1 aromatic carbocycles. The molecule has 1 rings (SSSR count). The van der Waals surface area contributed by atoms with E-state index in [-0.39, 0.29) is 0 Å². The Hall–Kier alpha value is -1.52. The van der Waals surface area contributed by atoms with Gasteiger partial charge in [-0.1, -0.05) is 24.3 Å². The van der Waals surface area contributed by atoms with Crippen LogP contribution in [-0.4, -0.2) is 38.6 Å². The largest absolute Gasteiger partial charge is 0.330 e. The average molecular weight is 232 g/mol. The van der Waals surface area contributed by atoms with Crippen molar-refractivity contribution in [2.45, 2.75) is 6.42 Å². The van der Waals surface area contributed by atoms with Gasteiger partial charge < -0.3 is 11.5 Å². The van der Waals surface area contributed by atoms with E-state index in [0.717, 1.165) is 24.1 Å². The summed E-state index contributed by atoms with van der Waals surface area (Å²) >= 11 is 0. The lowest BCUT2D eigenvalue weighted by atomic mass is 10.1. The van der Waals surface area contributed by atoms with Gasteiger partial charge in [-0.25, -0.2) is 0 Å². The van der Waals surface area contributed by atoms with Crippen LogP contribution in [0.25, 0.3) is 0 Å². The van der Waals surface area contributed by atoms with Crippen molar-refractivity contribution in [3.8, 4) is 0 Å². The summed E-state index contributed by atoms with van der Waals surface area (Å²) in [5, 5.41) is 0. The zero-order valence-corrected chi connectivity index (χ0v) is 10.0. The Kier molecular flexibility index (Phi) is 6.86. The molecule has 0 aliphatic rings. The third kappa shape index (κ3) is 5.94. The Morgan fingerprint density at radius 2 is 1.35 bits per heavy atom. The lowest BCUT2D eigenvalue weighted by Crippen LogP contribution is -2.02. The van der Waals surface area contributed by atoms with Gasteiger partial charge in [-0.2, -0.15) is 0 Å². The topological polar surface area (TPSA) is 76.8 Å². The normalized spacial score (nSPS) is 11.6. The summed E-state index contributed by atoms with van der Waals surface area (Å²) in [5.74, 6) is 0. The van der Waals surface area contributed by atoms with Crippen LogP contribution >= 0.6 is 0 Å². The van der Waals surface area contributed by atoms with Crippen molar-refractivity contribution >= 4 is 12.4 Å². The van der Waals surface area contributed by atoms with Crippen molar-refractivity contribution in [2.24, 2.45) is 21.5 Å². The fourth-order valence-corrected chi connectivity index (χ4v) is 1.27. The van der Waals surface area contributed by atoms with Crippen LogP contribution in [-0.2, 0) is 0 Å². The molecule has 17 heavy (non-hydrogen) atoms. The van der Waals surface area contributed by atoms with Gasteiger partial charge in [0, 0.05) is 25.5 Å². The smallest absolute Gasteiger partial charge is 0.0512 e. The number of benzene rings is 1. The van der Waals surface area contributed by atoms with E-state index in [1.54, 1.807) is 0 Å². The van der Waals surface area contributed by atoms with Crippen molar-refractivity contribution in [1.29, 1.82) is 0 Å². The highest BCUT2D eigenvalue weighted by Gasteiger charge is 1.89. The van der Waals surface area contributed by atoms with Crippen LogP contribution in [0.4, 0.5) is 0 Å². The molecule has 0 aliphatic heterocycles. The molecular formula is C13H20N4. The summed E-state index contributed by atoms with van der Waals surface area (Å²) in [6, 6.07) is 8.08. The first-order valence-corrected chi connectivity index (χ1v) is 5.86. The molecule has 0 saturated carbocycles. The summed E-state index contributed by atoms with van der Waals surface area (Å²) in [5.41, 5.74) is 12.9. The highest BCUT2D eigenvalue weighted by Crippen LogP contribution is 2.00. The molecular weight excluding hydrogens is 212 g/mol. The molecule has 0 bridgehead atoms. The minimum absolute atomic E-state index is 0.586. The van der Waals surface area contributed by atoms with Gasteiger partial charge in [0.1, 0.15) is 0 Å². The number of hydrogen-bond donors (Lipinski definition) is 2. The Morgan fingerprint density at radius 3 is 1.82 bits per heavy atom. The molecule has 0 aromatic heterocycles. The third-order valence-electron chi connectivity index (χ3n) is 2.17. The maximum Gasteiger partial charge on any atom is 0.0512 e. The van der Waals surface area contributed by atoms with Crippen molar-refractivity contribution < 1.29 is 0 Å².